The molecule has 0 aromatic heterocycles. The predicted molar refractivity (Wildman–Crippen MR) is 82.2 cm³/mol. The molecule has 0 heterocycles. The van der Waals surface area contributed by atoms with E-state index in [1.165, 1.54) is 7.11 Å². The van der Waals surface area contributed by atoms with Crippen LogP contribution in [0.1, 0.15) is 11.1 Å². The predicted octanol–water partition coefficient (Wildman–Crippen LogP) is 2.75. The highest BCUT2D eigenvalue weighted by Crippen LogP contribution is 2.39. The van der Waals surface area contributed by atoms with E-state index in [1.54, 1.807) is 19.2 Å². The van der Waals surface area contributed by atoms with E-state index < -0.39 is 0 Å². The SMILES string of the molecule is COCOc1cc(CO)cc(OCc2ccccc2)c1OC. The third-order valence-corrected chi connectivity index (χ3v) is 3.04. The van der Waals surface area contributed by atoms with Crippen LogP contribution in [0.2, 0.25) is 0 Å². The number of hydrogen-bond donors (Lipinski definition) is 1. The van der Waals surface area contributed by atoms with Crippen LogP contribution in [-0.2, 0) is 18.0 Å². The number of hydrogen-bond acceptors (Lipinski definition) is 5. The van der Waals surface area contributed by atoms with Gasteiger partial charge in [-0.25, -0.2) is 0 Å². The van der Waals surface area contributed by atoms with Crippen molar-refractivity contribution in [2.24, 2.45) is 0 Å². The van der Waals surface area contributed by atoms with Gasteiger partial charge in [0.1, 0.15) is 6.61 Å². The fourth-order valence-corrected chi connectivity index (χ4v) is 2.00. The fourth-order valence-electron chi connectivity index (χ4n) is 2.00. The van der Waals surface area contributed by atoms with Gasteiger partial charge in [0.25, 0.3) is 0 Å². The molecule has 0 spiro atoms. The summed E-state index contributed by atoms with van der Waals surface area (Å²) < 4.78 is 21.6. The zero-order valence-electron chi connectivity index (χ0n) is 12.7. The van der Waals surface area contributed by atoms with E-state index in [1.807, 2.05) is 30.3 Å². The lowest BCUT2D eigenvalue weighted by Gasteiger charge is -2.16. The zero-order chi connectivity index (χ0) is 15.8. The van der Waals surface area contributed by atoms with Crippen LogP contribution in [0.4, 0.5) is 0 Å². The molecule has 2 aromatic carbocycles. The van der Waals surface area contributed by atoms with Crippen LogP contribution < -0.4 is 14.2 Å². The van der Waals surface area contributed by atoms with Crippen LogP contribution in [-0.4, -0.2) is 26.1 Å². The molecule has 5 nitrogen and oxygen atoms in total. The Balaban J connectivity index is 2.23. The van der Waals surface area contributed by atoms with Gasteiger partial charge in [-0.1, -0.05) is 30.3 Å². The Morgan fingerprint density at radius 3 is 2.18 bits per heavy atom. The smallest absolute Gasteiger partial charge is 0.203 e. The summed E-state index contributed by atoms with van der Waals surface area (Å²) in [6, 6.07) is 13.2. The molecular formula is C17H20O5. The van der Waals surface area contributed by atoms with Crippen molar-refractivity contribution in [3.05, 3.63) is 53.6 Å². The van der Waals surface area contributed by atoms with Crippen molar-refractivity contribution in [3.63, 3.8) is 0 Å². The highest BCUT2D eigenvalue weighted by atomic mass is 16.7. The van der Waals surface area contributed by atoms with E-state index in [4.69, 9.17) is 18.9 Å². The van der Waals surface area contributed by atoms with E-state index in [0.717, 1.165) is 5.56 Å². The summed E-state index contributed by atoms with van der Waals surface area (Å²) in [5, 5.41) is 9.38. The number of aliphatic hydroxyl groups is 1. The number of rotatable bonds is 8. The Bertz CT molecular complexity index is 583. The minimum atomic E-state index is -0.116. The van der Waals surface area contributed by atoms with E-state index >= 15 is 0 Å². The fraction of sp³-hybridized carbons (Fsp3) is 0.294. The van der Waals surface area contributed by atoms with Gasteiger partial charge in [0.05, 0.1) is 13.7 Å². The average molecular weight is 304 g/mol. The van der Waals surface area contributed by atoms with Crippen molar-refractivity contribution < 1.29 is 24.1 Å². The third-order valence-electron chi connectivity index (χ3n) is 3.04. The molecule has 0 radical (unpaired) electrons. The van der Waals surface area contributed by atoms with Gasteiger partial charge in [0.2, 0.25) is 5.75 Å². The lowest BCUT2D eigenvalue weighted by Crippen LogP contribution is -2.04. The Morgan fingerprint density at radius 1 is 0.909 bits per heavy atom. The van der Waals surface area contributed by atoms with E-state index in [2.05, 4.69) is 0 Å². The number of benzene rings is 2. The molecule has 2 rings (SSSR count). The molecule has 1 N–H and O–H groups in total. The highest BCUT2D eigenvalue weighted by Gasteiger charge is 2.14. The normalized spacial score (nSPS) is 10.3. The van der Waals surface area contributed by atoms with E-state index in [-0.39, 0.29) is 13.4 Å². The highest BCUT2D eigenvalue weighted by molar-refractivity contribution is 5.53. The van der Waals surface area contributed by atoms with Crippen molar-refractivity contribution in [3.8, 4) is 17.2 Å². The first-order valence-corrected chi connectivity index (χ1v) is 6.88. The molecule has 0 amide bonds. The summed E-state index contributed by atoms with van der Waals surface area (Å²) in [7, 11) is 3.08. The lowest BCUT2D eigenvalue weighted by atomic mass is 10.2. The summed E-state index contributed by atoms with van der Waals surface area (Å²) in [6.07, 6.45) is 0. The summed E-state index contributed by atoms with van der Waals surface area (Å²) in [6.45, 7) is 0.369. The molecule has 0 bridgehead atoms. The molecule has 0 fully saturated rings. The van der Waals surface area contributed by atoms with Crippen LogP contribution >= 0.6 is 0 Å². The van der Waals surface area contributed by atoms with Crippen LogP contribution in [0.25, 0.3) is 0 Å². The number of ether oxygens (including phenoxy) is 4. The molecular weight excluding hydrogens is 284 g/mol. The van der Waals surface area contributed by atoms with E-state index in [0.29, 0.717) is 29.4 Å². The average Bonchev–Trinajstić information content (AvgIpc) is 2.58. The van der Waals surface area contributed by atoms with Gasteiger partial charge in [-0.3, -0.25) is 0 Å². The standard InChI is InChI=1S/C17H20O5/c1-19-12-22-16-9-14(10-18)8-15(17(16)20-2)21-11-13-6-4-3-5-7-13/h3-9,18H,10-12H2,1-2H3. The van der Waals surface area contributed by atoms with Crippen molar-refractivity contribution in [2.75, 3.05) is 21.0 Å². The minimum absolute atomic E-state index is 0.0867. The molecule has 5 heteroatoms. The third kappa shape index (κ3) is 4.13. The minimum Gasteiger partial charge on any atom is -0.490 e. The maximum Gasteiger partial charge on any atom is 0.203 e. The van der Waals surface area contributed by atoms with Crippen LogP contribution in [0, 0.1) is 0 Å². The Kier molecular flexibility index (Phi) is 6.06. The first kappa shape index (κ1) is 16.1. The summed E-state index contributed by atoms with van der Waals surface area (Å²) >= 11 is 0. The monoisotopic (exact) mass is 304 g/mol. The molecule has 0 saturated carbocycles. The first-order valence-electron chi connectivity index (χ1n) is 6.88. The topological polar surface area (TPSA) is 57.2 Å². The van der Waals surface area contributed by atoms with Crippen LogP contribution in [0.15, 0.2) is 42.5 Å². The lowest BCUT2D eigenvalue weighted by molar-refractivity contribution is 0.0486. The molecule has 0 unspecified atom stereocenters. The van der Waals surface area contributed by atoms with Crippen molar-refractivity contribution in [2.45, 2.75) is 13.2 Å². The Morgan fingerprint density at radius 2 is 1.59 bits per heavy atom. The Labute approximate surface area is 130 Å². The summed E-state index contributed by atoms with van der Waals surface area (Å²) in [5.41, 5.74) is 1.72. The van der Waals surface area contributed by atoms with Gasteiger partial charge in [0.15, 0.2) is 18.3 Å². The maximum absolute atomic E-state index is 9.38. The number of methoxy groups -OCH3 is 2. The van der Waals surface area contributed by atoms with Crippen molar-refractivity contribution >= 4 is 0 Å². The van der Waals surface area contributed by atoms with Crippen LogP contribution in [0.5, 0.6) is 17.2 Å². The summed E-state index contributed by atoms with van der Waals surface area (Å²) in [5.74, 6) is 1.47. The van der Waals surface area contributed by atoms with Crippen LogP contribution in [0.3, 0.4) is 0 Å². The molecule has 0 aliphatic heterocycles. The quantitative estimate of drug-likeness (QED) is 0.760. The van der Waals surface area contributed by atoms with Gasteiger partial charge < -0.3 is 24.1 Å². The molecule has 0 saturated heterocycles. The molecule has 0 atom stereocenters. The van der Waals surface area contributed by atoms with Gasteiger partial charge in [-0.05, 0) is 23.3 Å². The number of aliphatic hydroxyl groups excluding tert-OH is 1. The second-order valence-electron chi connectivity index (χ2n) is 4.61. The van der Waals surface area contributed by atoms with Gasteiger partial charge in [-0.15, -0.1) is 0 Å². The molecule has 118 valence electrons. The van der Waals surface area contributed by atoms with Crippen molar-refractivity contribution in [1.82, 2.24) is 0 Å². The van der Waals surface area contributed by atoms with Gasteiger partial charge in [0, 0.05) is 7.11 Å². The molecule has 0 aliphatic rings. The van der Waals surface area contributed by atoms with E-state index in [9.17, 15) is 5.11 Å². The molecule has 22 heavy (non-hydrogen) atoms. The Hall–Kier alpha value is -2.24. The molecule has 2 aromatic rings. The zero-order valence-corrected chi connectivity index (χ0v) is 12.7. The van der Waals surface area contributed by atoms with Crippen molar-refractivity contribution in [1.29, 1.82) is 0 Å². The second kappa shape index (κ2) is 8.26. The summed E-state index contributed by atoms with van der Waals surface area (Å²) in [4.78, 5) is 0. The second-order valence-corrected chi connectivity index (χ2v) is 4.61. The molecule has 0 aliphatic carbocycles. The first-order chi connectivity index (χ1) is 10.8. The van der Waals surface area contributed by atoms with Gasteiger partial charge in [-0.2, -0.15) is 0 Å². The maximum atomic E-state index is 9.38. The van der Waals surface area contributed by atoms with Gasteiger partial charge >= 0.3 is 0 Å². The largest absolute Gasteiger partial charge is 0.490 e.